The molecule has 0 N–H and O–H groups in total. The summed E-state index contributed by atoms with van der Waals surface area (Å²) in [5, 5.41) is 0.643. The monoisotopic (exact) mass is 560 g/mol. The molecule has 1 aliphatic rings. The van der Waals surface area contributed by atoms with Crippen molar-refractivity contribution in [3.63, 3.8) is 0 Å². The highest BCUT2D eigenvalue weighted by Crippen LogP contribution is 2.35. The van der Waals surface area contributed by atoms with Crippen LogP contribution in [0.4, 0.5) is 0 Å². The van der Waals surface area contributed by atoms with Crippen LogP contribution in [0.25, 0.3) is 17.2 Å². The Labute approximate surface area is 223 Å². The van der Waals surface area contributed by atoms with Crippen LogP contribution >= 0.6 is 27.5 Å². The molecule has 0 amide bonds. The standard InChI is InChI=1S/C30H22BrClO4/c31-24-11-13-28(35-19-23-5-1-3-7-26(23)32)21(18-24)10-14-30(33)36-29-8-4-2-6-25(29)20-9-12-27-22(17-20)15-16-34-27/h1-14,17-18H,15-16,19H2/b14-10+. The highest BCUT2D eigenvalue weighted by molar-refractivity contribution is 9.10. The maximum atomic E-state index is 12.8. The summed E-state index contributed by atoms with van der Waals surface area (Å²) < 4.78 is 18.2. The van der Waals surface area contributed by atoms with Gasteiger partial charge in [0, 0.05) is 38.7 Å². The van der Waals surface area contributed by atoms with Gasteiger partial charge in [-0.1, -0.05) is 70.0 Å². The minimum absolute atomic E-state index is 0.311. The van der Waals surface area contributed by atoms with Crippen molar-refractivity contribution in [2.24, 2.45) is 0 Å². The molecule has 0 aliphatic carbocycles. The van der Waals surface area contributed by atoms with Crippen molar-refractivity contribution < 1.29 is 19.0 Å². The molecule has 0 saturated heterocycles. The van der Waals surface area contributed by atoms with E-state index < -0.39 is 5.97 Å². The zero-order valence-corrected chi connectivity index (χ0v) is 21.6. The number of ether oxygens (including phenoxy) is 3. The second-order valence-electron chi connectivity index (χ2n) is 8.23. The first kappa shape index (κ1) is 24.2. The number of hydrogen-bond acceptors (Lipinski definition) is 4. The smallest absolute Gasteiger partial charge is 0.336 e. The Kier molecular flexibility index (Phi) is 7.40. The molecule has 4 nitrogen and oxygen atoms in total. The largest absolute Gasteiger partial charge is 0.493 e. The fraction of sp³-hybridized carbons (Fsp3) is 0.100. The summed E-state index contributed by atoms with van der Waals surface area (Å²) in [6.45, 7) is 1.01. The first-order valence-electron chi connectivity index (χ1n) is 11.5. The van der Waals surface area contributed by atoms with E-state index in [0.29, 0.717) is 29.7 Å². The Balaban J connectivity index is 1.32. The van der Waals surface area contributed by atoms with Crippen LogP contribution in [0.5, 0.6) is 17.2 Å². The summed E-state index contributed by atoms with van der Waals surface area (Å²) in [6, 6.07) is 26.7. The van der Waals surface area contributed by atoms with Crippen molar-refractivity contribution >= 4 is 39.6 Å². The van der Waals surface area contributed by atoms with E-state index in [9.17, 15) is 4.79 Å². The van der Waals surface area contributed by atoms with Crippen LogP contribution in [0.1, 0.15) is 16.7 Å². The first-order chi connectivity index (χ1) is 17.6. The minimum atomic E-state index is -0.482. The van der Waals surface area contributed by atoms with Crippen LogP contribution in [0, 0.1) is 0 Å². The van der Waals surface area contributed by atoms with E-state index in [0.717, 1.165) is 44.5 Å². The molecular formula is C30H22BrClO4. The molecule has 0 bridgehead atoms. The van der Waals surface area contributed by atoms with Crippen LogP contribution in [-0.2, 0) is 17.8 Å². The van der Waals surface area contributed by atoms with Crippen molar-refractivity contribution in [1.29, 1.82) is 0 Å². The third-order valence-electron chi connectivity index (χ3n) is 5.81. The molecule has 0 saturated carbocycles. The van der Waals surface area contributed by atoms with Crippen molar-refractivity contribution in [3.8, 4) is 28.4 Å². The van der Waals surface area contributed by atoms with Gasteiger partial charge in [0.25, 0.3) is 0 Å². The van der Waals surface area contributed by atoms with Crippen LogP contribution in [0.2, 0.25) is 5.02 Å². The summed E-state index contributed by atoms with van der Waals surface area (Å²) in [5.41, 5.74) is 4.60. The molecule has 36 heavy (non-hydrogen) atoms. The Morgan fingerprint density at radius 3 is 2.69 bits per heavy atom. The van der Waals surface area contributed by atoms with E-state index in [1.165, 1.54) is 6.08 Å². The molecule has 5 rings (SSSR count). The molecule has 0 unspecified atom stereocenters. The molecule has 1 heterocycles. The van der Waals surface area contributed by atoms with Gasteiger partial charge in [-0.3, -0.25) is 0 Å². The molecule has 0 spiro atoms. The third-order valence-corrected chi connectivity index (χ3v) is 6.67. The topological polar surface area (TPSA) is 44.8 Å². The van der Waals surface area contributed by atoms with Crippen molar-refractivity contribution in [1.82, 2.24) is 0 Å². The molecule has 0 radical (unpaired) electrons. The van der Waals surface area contributed by atoms with Gasteiger partial charge < -0.3 is 14.2 Å². The van der Waals surface area contributed by atoms with E-state index >= 15 is 0 Å². The zero-order valence-electron chi connectivity index (χ0n) is 19.2. The van der Waals surface area contributed by atoms with Gasteiger partial charge in [-0.15, -0.1) is 0 Å². The van der Waals surface area contributed by atoms with Gasteiger partial charge in [-0.2, -0.15) is 0 Å². The average Bonchev–Trinajstić information content (AvgIpc) is 3.36. The number of carbonyl (C=O) groups is 1. The van der Waals surface area contributed by atoms with Gasteiger partial charge in [0.1, 0.15) is 23.9 Å². The van der Waals surface area contributed by atoms with Crippen LogP contribution < -0.4 is 14.2 Å². The zero-order chi connectivity index (χ0) is 24.9. The van der Waals surface area contributed by atoms with Crippen molar-refractivity contribution in [2.45, 2.75) is 13.0 Å². The van der Waals surface area contributed by atoms with Crippen molar-refractivity contribution in [3.05, 3.63) is 117 Å². The Morgan fingerprint density at radius 1 is 0.972 bits per heavy atom. The van der Waals surface area contributed by atoms with Crippen LogP contribution in [-0.4, -0.2) is 12.6 Å². The third kappa shape index (κ3) is 5.64. The lowest BCUT2D eigenvalue weighted by Crippen LogP contribution is -2.05. The van der Waals surface area contributed by atoms with Gasteiger partial charge in [0.15, 0.2) is 0 Å². The lowest BCUT2D eigenvalue weighted by molar-refractivity contribution is -0.128. The maximum absolute atomic E-state index is 12.8. The van der Waals surface area contributed by atoms with Crippen LogP contribution in [0.15, 0.2) is 95.5 Å². The fourth-order valence-corrected chi connectivity index (χ4v) is 4.57. The lowest BCUT2D eigenvalue weighted by Gasteiger charge is -2.11. The number of carbonyl (C=O) groups excluding carboxylic acids is 1. The Bertz CT molecular complexity index is 1450. The normalized spacial score (nSPS) is 12.3. The molecule has 0 aromatic heterocycles. The van der Waals surface area contributed by atoms with Gasteiger partial charge in [0.2, 0.25) is 0 Å². The van der Waals surface area contributed by atoms with Crippen molar-refractivity contribution in [2.75, 3.05) is 6.61 Å². The number of hydrogen-bond donors (Lipinski definition) is 0. The summed E-state index contributed by atoms with van der Waals surface area (Å²) in [4.78, 5) is 12.8. The van der Waals surface area contributed by atoms with Gasteiger partial charge in [0.05, 0.1) is 6.61 Å². The molecule has 180 valence electrons. The average molecular weight is 562 g/mol. The second-order valence-corrected chi connectivity index (χ2v) is 9.56. The van der Waals surface area contributed by atoms with E-state index in [1.54, 1.807) is 12.1 Å². The van der Waals surface area contributed by atoms with Crippen LogP contribution in [0.3, 0.4) is 0 Å². The fourth-order valence-electron chi connectivity index (χ4n) is 4.00. The predicted octanol–water partition coefficient (Wildman–Crippen LogP) is 7.90. The van der Waals surface area contributed by atoms with E-state index in [2.05, 4.69) is 22.0 Å². The SMILES string of the molecule is O=C(/C=C/c1cc(Br)ccc1OCc1ccccc1Cl)Oc1ccccc1-c1ccc2c(c1)CCO2. The number of fused-ring (bicyclic) bond motifs is 1. The Morgan fingerprint density at radius 2 is 1.81 bits per heavy atom. The van der Waals surface area contributed by atoms with E-state index in [-0.39, 0.29) is 0 Å². The van der Waals surface area contributed by atoms with Gasteiger partial charge in [-0.05, 0) is 59.7 Å². The predicted molar refractivity (Wildman–Crippen MR) is 146 cm³/mol. The second kappa shape index (κ2) is 11.0. The first-order valence-corrected chi connectivity index (χ1v) is 12.6. The van der Waals surface area contributed by atoms with E-state index in [4.69, 9.17) is 25.8 Å². The molecule has 4 aromatic rings. The number of para-hydroxylation sites is 1. The Hall–Kier alpha value is -3.54. The molecule has 0 fully saturated rings. The molecule has 0 atom stereocenters. The lowest BCUT2D eigenvalue weighted by atomic mass is 10.0. The molecule has 1 aliphatic heterocycles. The number of benzene rings is 4. The quantitative estimate of drug-likeness (QED) is 0.131. The summed E-state index contributed by atoms with van der Waals surface area (Å²) in [7, 11) is 0. The van der Waals surface area contributed by atoms with Gasteiger partial charge in [-0.25, -0.2) is 4.79 Å². The summed E-state index contributed by atoms with van der Waals surface area (Å²) >= 11 is 9.74. The number of rotatable bonds is 7. The number of esters is 1. The highest BCUT2D eigenvalue weighted by Gasteiger charge is 2.15. The molecule has 4 aromatic carbocycles. The molecular weight excluding hydrogens is 540 g/mol. The molecule has 6 heteroatoms. The summed E-state index contributed by atoms with van der Waals surface area (Å²) in [6.07, 6.45) is 3.96. The van der Waals surface area contributed by atoms with Gasteiger partial charge >= 0.3 is 5.97 Å². The highest BCUT2D eigenvalue weighted by atomic mass is 79.9. The minimum Gasteiger partial charge on any atom is -0.493 e. The summed E-state index contributed by atoms with van der Waals surface area (Å²) in [5.74, 6) is 1.56. The maximum Gasteiger partial charge on any atom is 0.336 e. The number of halogens is 2. The van der Waals surface area contributed by atoms with E-state index in [1.807, 2.05) is 72.8 Å².